The minimum absolute atomic E-state index is 0.255. The molecule has 0 saturated heterocycles. The summed E-state index contributed by atoms with van der Waals surface area (Å²) in [6.07, 6.45) is 0. The molecule has 28 heavy (non-hydrogen) atoms. The fraction of sp³-hybridized carbons (Fsp3) is 0.150. The number of nitrogens with one attached hydrogen (secondary N) is 1. The number of oxazole rings is 1. The summed E-state index contributed by atoms with van der Waals surface area (Å²) >= 11 is 2.86. The highest BCUT2D eigenvalue weighted by Crippen LogP contribution is 2.27. The summed E-state index contributed by atoms with van der Waals surface area (Å²) in [4.78, 5) is 21.1. The molecule has 1 N–H and O–H groups in total. The van der Waals surface area contributed by atoms with Crippen molar-refractivity contribution in [2.75, 3.05) is 0 Å². The predicted octanol–water partition coefficient (Wildman–Crippen LogP) is 4.95. The smallest absolute Gasteiger partial charge is 0.271 e. The van der Waals surface area contributed by atoms with Crippen molar-refractivity contribution in [2.45, 2.75) is 24.4 Å². The molecule has 0 saturated carbocycles. The number of fused-ring (bicyclic) bond motifs is 1. The lowest BCUT2D eigenvalue weighted by atomic mass is 10.2. The molecule has 0 bridgehead atoms. The number of aryl methyl sites for hydroxylation is 1. The van der Waals surface area contributed by atoms with Gasteiger partial charge in [0.15, 0.2) is 5.58 Å². The number of halogens is 1. The second kappa shape index (κ2) is 8.12. The molecule has 2 aromatic heterocycles. The van der Waals surface area contributed by atoms with Crippen LogP contribution in [0.2, 0.25) is 0 Å². The topological polar surface area (TPSA) is 68.0 Å². The SMILES string of the molecule is Cc1ccc2oc(SCc3nc(C(=O)NCc4ccc(F)cc4)cs3)nc2c1. The van der Waals surface area contributed by atoms with E-state index in [2.05, 4.69) is 15.3 Å². The molecular formula is C20H16FN3O2S2. The van der Waals surface area contributed by atoms with Gasteiger partial charge in [-0.25, -0.2) is 14.4 Å². The average molecular weight is 413 g/mol. The van der Waals surface area contributed by atoms with Crippen molar-refractivity contribution in [3.05, 3.63) is 75.5 Å². The predicted molar refractivity (Wildman–Crippen MR) is 108 cm³/mol. The van der Waals surface area contributed by atoms with E-state index in [1.165, 1.54) is 35.2 Å². The highest BCUT2D eigenvalue weighted by atomic mass is 32.2. The minimum Gasteiger partial charge on any atom is -0.431 e. The number of thiazole rings is 1. The third-order valence-corrected chi connectivity index (χ3v) is 5.86. The van der Waals surface area contributed by atoms with E-state index in [4.69, 9.17) is 4.42 Å². The average Bonchev–Trinajstić information content (AvgIpc) is 3.32. The number of benzene rings is 2. The van der Waals surface area contributed by atoms with Crippen molar-refractivity contribution in [1.29, 1.82) is 0 Å². The van der Waals surface area contributed by atoms with Gasteiger partial charge in [-0.05, 0) is 42.3 Å². The van der Waals surface area contributed by atoms with Crippen LogP contribution in [-0.4, -0.2) is 15.9 Å². The number of hydrogen-bond acceptors (Lipinski definition) is 6. The molecule has 142 valence electrons. The highest BCUT2D eigenvalue weighted by Gasteiger charge is 2.12. The number of hydrogen-bond donors (Lipinski definition) is 1. The third kappa shape index (κ3) is 4.40. The van der Waals surface area contributed by atoms with Gasteiger partial charge in [0.2, 0.25) is 0 Å². The molecule has 4 rings (SSSR count). The number of amides is 1. The first-order valence-corrected chi connectivity index (χ1v) is 10.4. The first kappa shape index (κ1) is 18.6. The molecule has 0 atom stereocenters. The Balaban J connectivity index is 1.34. The Kier molecular flexibility index (Phi) is 5.40. The molecule has 0 fully saturated rings. The fourth-order valence-corrected chi connectivity index (χ4v) is 4.19. The number of carbonyl (C=O) groups excluding carboxylic acids is 1. The molecule has 0 aliphatic heterocycles. The van der Waals surface area contributed by atoms with Gasteiger partial charge in [0.25, 0.3) is 11.1 Å². The van der Waals surface area contributed by atoms with Crippen molar-refractivity contribution in [3.8, 4) is 0 Å². The first-order valence-electron chi connectivity index (χ1n) is 8.54. The molecule has 2 heterocycles. The van der Waals surface area contributed by atoms with Crippen LogP contribution in [-0.2, 0) is 12.3 Å². The Labute approximate surface area is 169 Å². The lowest BCUT2D eigenvalue weighted by molar-refractivity contribution is 0.0946. The van der Waals surface area contributed by atoms with Crippen LogP contribution < -0.4 is 5.32 Å². The molecule has 0 aliphatic rings. The van der Waals surface area contributed by atoms with E-state index in [1.807, 2.05) is 25.1 Å². The van der Waals surface area contributed by atoms with E-state index < -0.39 is 0 Å². The summed E-state index contributed by atoms with van der Waals surface area (Å²) in [5, 5.41) is 5.91. The maximum absolute atomic E-state index is 12.9. The summed E-state index contributed by atoms with van der Waals surface area (Å²) in [5.41, 5.74) is 3.92. The lowest BCUT2D eigenvalue weighted by Crippen LogP contribution is -2.23. The van der Waals surface area contributed by atoms with Gasteiger partial charge in [-0.2, -0.15) is 0 Å². The van der Waals surface area contributed by atoms with Gasteiger partial charge in [0.1, 0.15) is 22.0 Å². The van der Waals surface area contributed by atoms with E-state index in [0.717, 1.165) is 27.2 Å². The van der Waals surface area contributed by atoms with Crippen LogP contribution in [0.5, 0.6) is 0 Å². The first-order chi connectivity index (χ1) is 13.6. The second-order valence-corrected chi connectivity index (χ2v) is 8.04. The van der Waals surface area contributed by atoms with E-state index in [9.17, 15) is 9.18 Å². The Bertz CT molecular complexity index is 1120. The second-order valence-electron chi connectivity index (χ2n) is 6.18. The molecule has 0 radical (unpaired) electrons. The van der Waals surface area contributed by atoms with Crippen LogP contribution in [0.25, 0.3) is 11.1 Å². The summed E-state index contributed by atoms with van der Waals surface area (Å²) in [6, 6.07) is 11.9. The largest absolute Gasteiger partial charge is 0.431 e. The standard InChI is InChI=1S/C20H16FN3O2S2/c1-12-2-7-17-15(8-12)24-20(26-17)28-11-18-23-16(10-27-18)19(25)22-9-13-3-5-14(21)6-4-13/h2-8,10H,9,11H2,1H3,(H,22,25). The monoisotopic (exact) mass is 413 g/mol. The van der Waals surface area contributed by atoms with Crippen LogP contribution in [0, 0.1) is 12.7 Å². The van der Waals surface area contributed by atoms with Crippen molar-refractivity contribution >= 4 is 40.1 Å². The molecule has 2 aromatic carbocycles. The molecule has 0 spiro atoms. The van der Waals surface area contributed by atoms with E-state index in [0.29, 0.717) is 23.2 Å². The van der Waals surface area contributed by atoms with Crippen LogP contribution in [0.4, 0.5) is 4.39 Å². The molecule has 0 unspecified atom stereocenters. The van der Waals surface area contributed by atoms with Gasteiger partial charge in [0.05, 0.1) is 5.75 Å². The van der Waals surface area contributed by atoms with E-state index >= 15 is 0 Å². The third-order valence-electron chi connectivity index (χ3n) is 3.99. The van der Waals surface area contributed by atoms with Crippen LogP contribution >= 0.6 is 23.1 Å². The van der Waals surface area contributed by atoms with Gasteiger partial charge in [-0.3, -0.25) is 4.79 Å². The van der Waals surface area contributed by atoms with Crippen molar-refractivity contribution in [1.82, 2.24) is 15.3 Å². The van der Waals surface area contributed by atoms with Crippen molar-refractivity contribution in [3.63, 3.8) is 0 Å². The summed E-state index contributed by atoms with van der Waals surface area (Å²) in [7, 11) is 0. The van der Waals surface area contributed by atoms with Gasteiger partial charge < -0.3 is 9.73 Å². The van der Waals surface area contributed by atoms with Gasteiger partial charge >= 0.3 is 0 Å². The number of rotatable bonds is 6. The normalized spacial score (nSPS) is 11.1. The highest BCUT2D eigenvalue weighted by molar-refractivity contribution is 7.98. The maximum Gasteiger partial charge on any atom is 0.271 e. The summed E-state index contributed by atoms with van der Waals surface area (Å²) < 4.78 is 18.6. The zero-order valence-corrected chi connectivity index (χ0v) is 16.6. The molecular weight excluding hydrogens is 397 g/mol. The minimum atomic E-state index is -0.300. The Morgan fingerprint density at radius 3 is 2.86 bits per heavy atom. The molecule has 8 heteroatoms. The Morgan fingerprint density at radius 2 is 2.04 bits per heavy atom. The fourth-order valence-electron chi connectivity index (χ4n) is 2.56. The molecule has 0 aliphatic carbocycles. The quantitative estimate of drug-likeness (QED) is 0.453. The van der Waals surface area contributed by atoms with E-state index in [-0.39, 0.29) is 11.7 Å². The number of aromatic nitrogens is 2. The summed E-state index contributed by atoms with van der Waals surface area (Å²) in [6.45, 7) is 2.34. The van der Waals surface area contributed by atoms with Gasteiger partial charge in [-0.1, -0.05) is 30.0 Å². The van der Waals surface area contributed by atoms with Crippen molar-refractivity contribution in [2.24, 2.45) is 0 Å². The van der Waals surface area contributed by atoms with Crippen molar-refractivity contribution < 1.29 is 13.6 Å². The number of nitrogens with zero attached hydrogens (tertiary/aromatic N) is 2. The Hall–Kier alpha value is -2.71. The van der Waals surface area contributed by atoms with Gasteiger partial charge in [-0.15, -0.1) is 11.3 Å². The van der Waals surface area contributed by atoms with Crippen LogP contribution in [0.15, 0.2) is 57.5 Å². The van der Waals surface area contributed by atoms with E-state index in [1.54, 1.807) is 17.5 Å². The van der Waals surface area contributed by atoms with Gasteiger partial charge in [0, 0.05) is 11.9 Å². The zero-order valence-electron chi connectivity index (χ0n) is 14.9. The number of thioether (sulfide) groups is 1. The molecule has 1 amide bonds. The molecule has 5 nitrogen and oxygen atoms in total. The zero-order chi connectivity index (χ0) is 19.5. The number of carbonyl (C=O) groups is 1. The molecule has 4 aromatic rings. The Morgan fingerprint density at radius 1 is 1.21 bits per heavy atom. The maximum atomic E-state index is 12.9. The lowest BCUT2D eigenvalue weighted by Gasteiger charge is -2.03. The van der Waals surface area contributed by atoms with Crippen LogP contribution in [0.1, 0.15) is 26.6 Å². The summed E-state index contributed by atoms with van der Waals surface area (Å²) in [5.74, 6) is 0.0156. The van der Waals surface area contributed by atoms with Crippen LogP contribution in [0.3, 0.4) is 0 Å².